The second-order valence-corrected chi connectivity index (χ2v) is 4.43. The monoisotopic (exact) mass is 294 g/mol. The zero-order valence-electron chi connectivity index (χ0n) is 9.14. The van der Waals surface area contributed by atoms with Crippen molar-refractivity contribution in [3.05, 3.63) is 40.9 Å². The number of nitrogens with two attached hydrogens (primary N) is 1. The molecule has 2 rings (SSSR count). The maximum Gasteiger partial charge on any atom is 0.273 e. The largest absolute Gasteiger partial charge is 0.398 e. The van der Waals surface area contributed by atoms with Crippen molar-refractivity contribution in [2.24, 2.45) is 7.05 Å². The van der Waals surface area contributed by atoms with E-state index in [0.29, 0.717) is 17.1 Å². The van der Waals surface area contributed by atoms with Crippen molar-refractivity contribution in [2.75, 3.05) is 11.1 Å². The Kier molecular flexibility index (Phi) is 3.14. The van der Waals surface area contributed by atoms with Gasteiger partial charge in [-0.2, -0.15) is 0 Å². The van der Waals surface area contributed by atoms with Crippen molar-refractivity contribution in [2.45, 2.75) is 0 Å². The van der Waals surface area contributed by atoms with Gasteiger partial charge >= 0.3 is 0 Å². The van der Waals surface area contributed by atoms with Crippen LogP contribution in [-0.2, 0) is 7.05 Å². The van der Waals surface area contributed by atoms with Crippen LogP contribution in [0.25, 0.3) is 0 Å². The average Bonchev–Trinajstić information content (AvgIpc) is 2.70. The van der Waals surface area contributed by atoms with E-state index in [0.717, 1.165) is 4.47 Å². The number of halogens is 1. The summed E-state index contributed by atoms with van der Waals surface area (Å²) < 4.78 is 2.45. The molecular formula is C11H11BrN4O. The molecule has 1 aromatic heterocycles. The van der Waals surface area contributed by atoms with E-state index in [9.17, 15) is 4.79 Å². The lowest BCUT2D eigenvalue weighted by molar-refractivity contribution is 0.101. The number of hydrogen-bond acceptors (Lipinski definition) is 3. The van der Waals surface area contributed by atoms with E-state index in [1.54, 1.807) is 36.1 Å². The molecule has 1 amide bonds. The maximum absolute atomic E-state index is 11.9. The molecule has 0 unspecified atom stereocenters. The molecule has 0 aliphatic heterocycles. The molecule has 0 atom stereocenters. The number of carbonyl (C=O) groups is 1. The summed E-state index contributed by atoms with van der Waals surface area (Å²) in [6.07, 6.45) is 3.09. The summed E-state index contributed by atoms with van der Waals surface area (Å²) in [5.41, 5.74) is 7.45. The van der Waals surface area contributed by atoms with Crippen molar-refractivity contribution in [1.29, 1.82) is 0 Å². The van der Waals surface area contributed by atoms with Gasteiger partial charge in [-0.25, -0.2) is 4.98 Å². The minimum Gasteiger partial charge on any atom is -0.398 e. The molecule has 6 heteroatoms. The molecule has 0 aliphatic rings. The molecule has 17 heavy (non-hydrogen) atoms. The highest BCUT2D eigenvalue weighted by Gasteiger charge is 2.10. The summed E-state index contributed by atoms with van der Waals surface area (Å²) in [7, 11) is 1.76. The molecule has 0 saturated carbocycles. The number of amides is 1. The van der Waals surface area contributed by atoms with E-state index in [4.69, 9.17) is 5.73 Å². The molecule has 5 nitrogen and oxygen atoms in total. The third-order valence-corrected chi connectivity index (χ3v) is 3.03. The van der Waals surface area contributed by atoms with Crippen molar-refractivity contribution in [3.8, 4) is 0 Å². The van der Waals surface area contributed by atoms with E-state index < -0.39 is 0 Å². The van der Waals surface area contributed by atoms with Crippen LogP contribution < -0.4 is 11.1 Å². The molecule has 88 valence electrons. The predicted molar refractivity (Wildman–Crippen MR) is 69.7 cm³/mol. The van der Waals surface area contributed by atoms with Gasteiger partial charge in [0.2, 0.25) is 0 Å². The Bertz CT molecular complexity index is 564. The first-order valence-electron chi connectivity index (χ1n) is 4.90. The molecular weight excluding hydrogens is 284 g/mol. The number of nitrogens with zero attached hydrogens (tertiary/aromatic N) is 2. The zero-order valence-corrected chi connectivity index (χ0v) is 10.7. The van der Waals surface area contributed by atoms with E-state index in [2.05, 4.69) is 26.2 Å². The molecule has 0 bridgehead atoms. The van der Waals surface area contributed by atoms with Gasteiger partial charge in [-0.3, -0.25) is 4.79 Å². The number of imidazole rings is 1. The highest BCUT2D eigenvalue weighted by atomic mass is 79.9. The first-order valence-corrected chi connectivity index (χ1v) is 5.70. The highest BCUT2D eigenvalue weighted by molar-refractivity contribution is 9.10. The number of carbonyl (C=O) groups excluding carboxylic acids is 1. The smallest absolute Gasteiger partial charge is 0.273 e. The molecule has 1 heterocycles. The molecule has 0 fully saturated rings. The second-order valence-electron chi connectivity index (χ2n) is 3.58. The molecule has 0 spiro atoms. The van der Waals surface area contributed by atoms with Gasteiger partial charge in [0.25, 0.3) is 5.91 Å². The van der Waals surface area contributed by atoms with Crippen molar-refractivity contribution < 1.29 is 4.79 Å². The molecule has 0 saturated heterocycles. The third kappa shape index (κ3) is 2.47. The predicted octanol–water partition coefficient (Wildman–Crippen LogP) is 2.02. The first-order chi connectivity index (χ1) is 8.08. The molecule has 3 N–H and O–H groups in total. The van der Waals surface area contributed by atoms with Gasteiger partial charge in [-0.05, 0) is 34.1 Å². The number of aryl methyl sites for hydroxylation is 1. The maximum atomic E-state index is 11.9. The number of nitrogens with one attached hydrogen (secondary N) is 1. The topological polar surface area (TPSA) is 72.9 Å². The minimum atomic E-state index is -0.216. The summed E-state index contributed by atoms with van der Waals surface area (Å²) >= 11 is 3.29. The number of aromatic nitrogens is 2. The number of nitrogen functional groups attached to an aromatic ring is 1. The van der Waals surface area contributed by atoms with Gasteiger partial charge in [0, 0.05) is 22.9 Å². The van der Waals surface area contributed by atoms with Gasteiger partial charge in [-0.1, -0.05) is 0 Å². The number of benzene rings is 1. The Morgan fingerprint density at radius 3 is 2.88 bits per heavy atom. The number of rotatable bonds is 2. The Morgan fingerprint density at radius 2 is 2.29 bits per heavy atom. The van der Waals surface area contributed by atoms with Crippen LogP contribution in [0.4, 0.5) is 11.4 Å². The fourth-order valence-corrected chi connectivity index (χ4v) is 1.64. The second kappa shape index (κ2) is 4.58. The Morgan fingerprint density at radius 1 is 1.53 bits per heavy atom. The summed E-state index contributed by atoms with van der Waals surface area (Å²) in [5, 5.41) is 2.75. The van der Waals surface area contributed by atoms with Crippen molar-refractivity contribution >= 4 is 33.2 Å². The van der Waals surface area contributed by atoms with Gasteiger partial charge in [-0.15, -0.1) is 0 Å². The molecule has 2 aromatic rings. The van der Waals surface area contributed by atoms with Gasteiger partial charge in [0.15, 0.2) is 0 Å². The van der Waals surface area contributed by atoms with Crippen LogP contribution in [-0.4, -0.2) is 15.5 Å². The summed E-state index contributed by atoms with van der Waals surface area (Å²) in [4.78, 5) is 15.8. The fraction of sp³-hybridized carbons (Fsp3) is 0.0909. The van der Waals surface area contributed by atoms with Crippen LogP contribution in [0.15, 0.2) is 35.2 Å². The van der Waals surface area contributed by atoms with Crippen molar-refractivity contribution in [3.63, 3.8) is 0 Å². The zero-order chi connectivity index (χ0) is 12.4. The van der Waals surface area contributed by atoms with Crippen LogP contribution >= 0.6 is 15.9 Å². The van der Waals surface area contributed by atoms with E-state index in [-0.39, 0.29) is 5.91 Å². The van der Waals surface area contributed by atoms with Gasteiger partial charge in [0.1, 0.15) is 5.69 Å². The van der Waals surface area contributed by atoms with E-state index >= 15 is 0 Å². The van der Waals surface area contributed by atoms with Crippen LogP contribution in [0.1, 0.15) is 10.5 Å². The van der Waals surface area contributed by atoms with Crippen LogP contribution in [0.3, 0.4) is 0 Å². The van der Waals surface area contributed by atoms with E-state index in [1.807, 2.05) is 0 Å². The summed E-state index contributed by atoms with van der Waals surface area (Å²) in [6, 6.07) is 5.25. The highest BCUT2D eigenvalue weighted by Crippen LogP contribution is 2.23. The molecule has 0 radical (unpaired) electrons. The van der Waals surface area contributed by atoms with Gasteiger partial charge in [0.05, 0.1) is 12.5 Å². The average molecular weight is 295 g/mol. The fourth-order valence-electron chi connectivity index (χ4n) is 1.39. The lowest BCUT2D eigenvalue weighted by atomic mass is 10.2. The van der Waals surface area contributed by atoms with Crippen LogP contribution in [0.2, 0.25) is 0 Å². The summed E-state index contributed by atoms with van der Waals surface area (Å²) in [6.45, 7) is 0. The Labute approximate surface area is 107 Å². The van der Waals surface area contributed by atoms with Crippen molar-refractivity contribution in [1.82, 2.24) is 9.55 Å². The first kappa shape index (κ1) is 11.7. The summed E-state index contributed by atoms with van der Waals surface area (Å²) in [5.74, 6) is -0.216. The number of hydrogen-bond donors (Lipinski definition) is 2. The number of anilines is 2. The SMILES string of the molecule is Cn1cncc1C(=O)Nc1ccc(Br)c(N)c1. The quantitative estimate of drug-likeness (QED) is 0.832. The normalized spacial score (nSPS) is 10.2. The van der Waals surface area contributed by atoms with Crippen LogP contribution in [0, 0.1) is 0 Å². The molecule has 0 aliphatic carbocycles. The third-order valence-electron chi connectivity index (χ3n) is 2.30. The lowest BCUT2D eigenvalue weighted by Gasteiger charge is -2.07. The van der Waals surface area contributed by atoms with E-state index in [1.165, 1.54) is 6.20 Å². The van der Waals surface area contributed by atoms with Gasteiger partial charge < -0.3 is 15.6 Å². The Hall–Kier alpha value is -1.82. The minimum absolute atomic E-state index is 0.216. The molecule has 1 aromatic carbocycles. The van der Waals surface area contributed by atoms with Crippen LogP contribution in [0.5, 0.6) is 0 Å². The lowest BCUT2D eigenvalue weighted by Crippen LogP contribution is -2.15. The standard InChI is InChI=1S/C11H11BrN4O/c1-16-6-14-5-10(16)11(17)15-7-2-3-8(12)9(13)4-7/h2-6H,13H2,1H3,(H,15,17). The Balaban J connectivity index is 2.19.